The van der Waals surface area contributed by atoms with Crippen LogP contribution in [-0.4, -0.2) is 19.1 Å². The molecule has 21 heavy (non-hydrogen) atoms. The van der Waals surface area contributed by atoms with E-state index in [1.165, 1.54) is 27.9 Å². The molecule has 0 N–H and O–H groups in total. The zero-order chi connectivity index (χ0) is 14.1. The molecule has 1 aliphatic rings. The van der Waals surface area contributed by atoms with Gasteiger partial charge in [-0.3, -0.25) is 14.5 Å². The van der Waals surface area contributed by atoms with E-state index in [0.717, 1.165) is 17.8 Å². The van der Waals surface area contributed by atoms with Crippen molar-refractivity contribution in [1.82, 2.24) is 19.1 Å². The summed E-state index contributed by atoms with van der Waals surface area (Å²) in [5, 5.41) is 1.25. The second-order valence-corrected chi connectivity index (χ2v) is 5.59. The lowest BCUT2D eigenvalue weighted by atomic mass is 10.2. The summed E-state index contributed by atoms with van der Waals surface area (Å²) in [5.41, 5.74) is 6.04. The third kappa shape index (κ3) is 1.15. The smallest absolute Gasteiger partial charge is 0.261 e. The number of rotatable bonds is 0. The van der Waals surface area contributed by atoms with Crippen LogP contribution < -0.4 is 4.57 Å². The van der Waals surface area contributed by atoms with E-state index in [2.05, 4.69) is 49.9 Å². The Morgan fingerprint density at radius 2 is 2.14 bits per heavy atom. The van der Waals surface area contributed by atoms with Crippen molar-refractivity contribution in [3.8, 4) is 11.4 Å². The van der Waals surface area contributed by atoms with Gasteiger partial charge in [-0.1, -0.05) is 0 Å². The Labute approximate surface area is 121 Å². The number of imidazole rings is 1. The first-order valence-electron chi connectivity index (χ1n) is 7.02. The standard InChI is InChI=1S/C16H14N5/c1-19-13-8-17-7-5-11(13)14-16(19)20(2)15-10-4-3-6-18-12(10)9-21(14)15/h3-8H,9H2,1-2H3/q+1. The molecular formula is C16H14N5+. The zero-order valence-corrected chi connectivity index (χ0v) is 11.9. The van der Waals surface area contributed by atoms with Gasteiger partial charge in [0.05, 0.1) is 36.9 Å². The highest BCUT2D eigenvalue weighted by molar-refractivity contribution is 6.04. The SMILES string of the molecule is Cn1c2cnccc2c2c1[n+](C)c1n2Cc2ncccc2-1. The predicted octanol–water partition coefficient (Wildman–Crippen LogP) is 1.78. The molecule has 0 unspecified atom stereocenters. The maximum absolute atomic E-state index is 4.53. The van der Waals surface area contributed by atoms with E-state index in [9.17, 15) is 0 Å². The molecule has 0 spiro atoms. The summed E-state index contributed by atoms with van der Waals surface area (Å²) < 4.78 is 6.86. The normalized spacial score (nSPS) is 13.0. The molecule has 0 bridgehead atoms. The molecule has 5 nitrogen and oxygen atoms in total. The van der Waals surface area contributed by atoms with E-state index in [1.807, 2.05) is 24.7 Å². The van der Waals surface area contributed by atoms with Gasteiger partial charge in [-0.15, -0.1) is 0 Å². The average molecular weight is 276 g/mol. The molecule has 0 radical (unpaired) electrons. The molecular weight excluding hydrogens is 262 g/mol. The lowest BCUT2D eigenvalue weighted by molar-refractivity contribution is -0.636. The van der Waals surface area contributed by atoms with Crippen molar-refractivity contribution in [3.05, 3.63) is 42.5 Å². The molecule has 0 atom stereocenters. The van der Waals surface area contributed by atoms with Gasteiger partial charge in [-0.25, -0.2) is 9.13 Å². The molecule has 0 fully saturated rings. The summed E-state index contributed by atoms with van der Waals surface area (Å²) in [6.45, 7) is 0.838. The van der Waals surface area contributed by atoms with Gasteiger partial charge < -0.3 is 0 Å². The average Bonchev–Trinajstić information content (AvgIpc) is 3.11. The van der Waals surface area contributed by atoms with E-state index in [0.29, 0.717) is 0 Å². The van der Waals surface area contributed by atoms with Gasteiger partial charge in [0.2, 0.25) is 5.82 Å². The van der Waals surface area contributed by atoms with Crippen LogP contribution in [0, 0.1) is 0 Å². The van der Waals surface area contributed by atoms with Crippen molar-refractivity contribution in [3.63, 3.8) is 0 Å². The van der Waals surface area contributed by atoms with Crippen LogP contribution in [0.4, 0.5) is 0 Å². The third-order valence-electron chi connectivity index (χ3n) is 4.55. The molecule has 5 rings (SSSR count). The fraction of sp³-hybridized carbons (Fsp3) is 0.188. The quantitative estimate of drug-likeness (QED) is 0.404. The fourth-order valence-electron chi connectivity index (χ4n) is 3.68. The molecule has 0 aromatic carbocycles. The van der Waals surface area contributed by atoms with Crippen molar-refractivity contribution in [2.24, 2.45) is 14.1 Å². The van der Waals surface area contributed by atoms with Crippen molar-refractivity contribution in [2.75, 3.05) is 0 Å². The van der Waals surface area contributed by atoms with Crippen molar-refractivity contribution >= 4 is 22.1 Å². The molecule has 5 heteroatoms. The molecule has 0 saturated carbocycles. The fourth-order valence-corrected chi connectivity index (χ4v) is 3.68. The molecule has 0 aliphatic carbocycles. The lowest BCUT2D eigenvalue weighted by Crippen LogP contribution is -2.31. The highest BCUT2D eigenvalue weighted by Crippen LogP contribution is 2.35. The van der Waals surface area contributed by atoms with Gasteiger partial charge in [0.15, 0.2) is 5.52 Å². The maximum Gasteiger partial charge on any atom is 0.269 e. The van der Waals surface area contributed by atoms with Gasteiger partial charge in [0.25, 0.3) is 5.65 Å². The van der Waals surface area contributed by atoms with Crippen molar-refractivity contribution in [2.45, 2.75) is 6.54 Å². The van der Waals surface area contributed by atoms with Crippen LogP contribution in [-0.2, 0) is 20.6 Å². The van der Waals surface area contributed by atoms with Gasteiger partial charge in [-0.05, 0) is 18.2 Å². The van der Waals surface area contributed by atoms with Crippen molar-refractivity contribution < 1.29 is 4.57 Å². The summed E-state index contributed by atoms with van der Waals surface area (Å²) in [6.07, 6.45) is 5.67. The summed E-state index contributed by atoms with van der Waals surface area (Å²) in [5.74, 6) is 1.23. The molecule has 5 heterocycles. The second-order valence-electron chi connectivity index (χ2n) is 5.59. The van der Waals surface area contributed by atoms with Crippen LogP contribution in [0.25, 0.3) is 33.5 Å². The Morgan fingerprint density at radius 3 is 3.05 bits per heavy atom. The van der Waals surface area contributed by atoms with Gasteiger partial charge >= 0.3 is 0 Å². The molecule has 0 amide bonds. The molecule has 102 valence electrons. The summed E-state index contributed by atoms with van der Waals surface area (Å²) in [4.78, 5) is 8.79. The number of hydrogen-bond acceptors (Lipinski definition) is 2. The predicted molar refractivity (Wildman–Crippen MR) is 79.7 cm³/mol. The highest BCUT2D eigenvalue weighted by Gasteiger charge is 2.34. The van der Waals surface area contributed by atoms with E-state index in [1.54, 1.807) is 0 Å². The first kappa shape index (κ1) is 11.0. The minimum absolute atomic E-state index is 0.838. The molecule has 4 aromatic heterocycles. The first-order valence-corrected chi connectivity index (χ1v) is 7.02. The topological polar surface area (TPSA) is 39.5 Å². The Hall–Kier alpha value is -2.69. The number of aryl methyl sites for hydroxylation is 2. The summed E-state index contributed by atoms with van der Waals surface area (Å²) >= 11 is 0. The number of aromatic nitrogens is 5. The minimum Gasteiger partial charge on any atom is -0.261 e. The lowest BCUT2D eigenvalue weighted by Gasteiger charge is -1.98. The summed E-state index contributed by atoms with van der Waals surface area (Å²) in [6, 6.07) is 6.26. The molecule has 1 aliphatic heterocycles. The van der Waals surface area contributed by atoms with Crippen LogP contribution in [0.1, 0.15) is 5.69 Å². The van der Waals surface area contributed by atoms with Crippen LogP contribution in [0.15, 0.2) is 36.8 Å². The van der Waals surface area contributed by atoms with Crippen LogP contribution in [0.3, 0.4) is 0 Å². The third-order valence-corrected chi connectivity index (χ3v) is 4.55. The number of fused-ring (bicyclic) bond motifs is 7. The number of hydrogen-bond donors (Lipinski definition) is 0. The monoisotopic (exact) mass is 276 g/mol. The van der Waals surface area contributed by atoms with Crippen LogP contribution in [0.5, 0.6) is 0 Å². The zero-order valence-electron chi connectivity index (χ0n) is 11.9. The Balaban J connectivity index is 2.03. The first-order chi connectivity index (χ1) is 10.3. The van der Waals surface area contributed by atoms with E-state index in [-0.39, 0.29) is 0 Å². The van der Waals surface area contributed by atoms with E-state index >= 15 is 0 Å². The summed E-state index contributed by atoms with van der Waals surface area (Å²) in [7, 11) is 4.23. The molecule has 0 saturated heterocycles. The minimum atomic E-state index is 0.838. The largest absolute Gasteiger partial charge is 0.269 e. The van der Waals surface area contributed by atoms with Gasteiger partial charge in [0, 0.05) is 12.4 Å². The number of pyridine rings is 2. The van der Waals surface area contributed by atoms with Crippen LogP contribution >= 0.6 is 0 Å². The Kier molecular flexibility index (Phi) is 1.83. The van der Waals surface area contributed by atoms with Gasteiger partial charge in [0.1, 0.15) is 12.1 Å². The second kappa shape index (κ2) is 3.49. The Morgan fingerprint density at radius 1 is 1.24 bits per heavy atom. The maximum atomic E-state index is 4.53. The molecule has 4 aromatic rings. The van der Waals surface area contributed by atoms with E-state index < -0.39 is 0 Å². The number of nitrogens with zero attached hydrogens (tertiary/aromatic N) is 5. The highest BCUT2D eigenvalue weighted by atomic mass is 15.2. The van der Waals surface area contributed by atoms with Crippen molar-refractivity contribution in [1.29, 1.82) is 0 Å². The Bertz CT molecular complexity index is 1040. The van der Waals surface area contributed by atoms with Crippen LogP contribution in [0.2, 0.25) is 0 Å². The van der Waals surface area contributed by atoms with Gasteiger partial charge in [-0.2, -0.15) is 0 Å². The van der Waals surface area contributed by atoms with E-state index in [4.69, 9.17) is 0 Å².